The summed E-state index contributed by atoms with van der Waals surface area (Å²) < 4.78 is 12.7. The molecule has 1 aromatic carbocycles. The van der Waals surface area contributed by atoms with E-state index in [9.17, 15) is 4.39 Å². The normalized spacial score (nSPS) is 9.65. The van der Waals surface area contributed by atoms with Crippen molar-refractivity contribution in [2.75, 3.05) is 11.1 Å². The van der Waals surface area contributed by atoms with Gasteiger partial charge in [0.05, 0.1) is 5.69 Å². The summed E-state index contributed by atoms with van der Waals surface area (Å²) in [7, 11) is 0. The number of nitrogens with two attached hydrogens (primary N) is 1. The lowest BCUT2D eigenvalue weighted by Crippen LogP contribution is -1.99. The molecule has 2 aromatic rings. The molecule has 0 unspecified atom stereocenters. The molecule has 0 aliphatic heterocycles. The number of halogens is 1. The molecule has 0 saturated heterocycles. The summed E-state index contributed by atoms with van der Waals surface area (Å²) in [6, 6.07) is 9.43. The second kappa shape index (κ2) is 4.49. The van der Waals surface area contributed by atoms with Crippen molar-refractivity contribution in [2.24, 2.45) is 0 Å². The third kappa shape index (κ3) is 2.32. The molecule has 3 N–H and O–H groups in total. The maximum Gasteiger partial charge on any atom is 0.143 e. The Morgan fingerprint density at radius 1 is 1.24 bits per heavy atom. The molecule has 0 bridgehead atoms. The van der Waals surface area contributed by atoms with Crippen molar-refractivity contribution in [3.63, 3.8) is 0 Å². The van der Waals surface area contributed by atoms with E-state index in [2.05, 4.69) is 10.3 Å². The SMILES string of the molecule is N#Cc1c(Nc2ccc(F)cc2)ccnc1N. The van der Waals surface area contributed by atoms with Crippen LogP contribution in [0.15, 0.2) is 36.5 Å². The summed E-state index contributed by atoms with van der Waals surface area (Å²) in [6.07, 6.45) is 1.50. The monoisotopic (exact) mass is 228 g/mol. The van der Waals surface area contributed by atoms with Crippen LogP contribution in [0.1, 0.15) is 5.56 Å². The van der Waals surface area contributed by atoms with Gasteiger partial charge in [-0.25, -0.2) is 9.37 Å². The fraction of sp³-hybridized carbons (Fsp3) is 0. The lowest BCUT2D eigenvalue weighted by molar-refractivity contribution is 0.628. The van der Waals surface area contributed by atoms with E-state index in [-0.39, 0.29) is 17.2 Å². The van der Waals surface area contributed by atoms with Gasteiger partial charge < -0.3 is 11.1 Å². The molecule has 0 fully saturated rings. The van der Waals surface area contributed by atoms with Gasteiger partial charge in [0.25, 0.3) is 0 Å². The zero-order chi connectivity index (χ0) is 12.3. The Morgan fingerprint density at radius 3 is 2.59 bits per heavy atom. The van der Waals surface area contributed by atoms with Crippen LogP contribution in [0.2, 0.25) is 0 Å². The Bertz CT molecular complexity index is 572. The van der Waals surface area contributed by atoms with Crippen LogP contribution in [0.3, 0.4) is 0 Å². The summed E-state index contributed by atoms with van der Waals surface area (Å²) >= 11 is 0. The maximum atomic E-state index is 12.7. The fourth-order valence-corrected chi connectivity index (χ4v) is 1.39. The standard InChI is InChI=1S/C12H9FN4/c13-8-1-3-9(4-2-8)17-11-5-6-16-12(15)10(11)7-14/h1-6H,(H3,15,16,17). The van der Waals surface area contributed by atoms with Crippen LogP contribution in [0, 0.1) is 17.1 Å². The minimum absolute atomic E-state index is 0.166. The molecule has 0 spiro atoms. The molecule has 0 saturated carbocycles. The van der Waals surface area contributed by atoms with Gasteiger partial charge in [-0.2, -0.15) is 5.26 Å². The fourth-order valence-electron chi connectivity index (χ4n) is 1.39. The van der Waals surface area contributed by atoms with E-state index < -0.39 is 0 Å². The van der Waals surface area contributed by atoms with E-state index in [4.69, 9.17) is 11.0 Å². The summed E-state index contributed by atoms with van der Waals surface area (Å²) in [5, 5.41) is 11.9. The molecule has 0 atom stereocenters. The van der Waals surface area contributed by atoms with E-state index in [1.807, 2.05) is 6.07 Å². The van der Waals surface area contributed by atoms with Gasteiger partial charge in [0.1, 0.15) is 23.3 Å². The Labute approximate surface area is 97.5 Å². The molecular formula is C12H9FN4. The summed E-state index contributed by atoms with van der Waals surface area (Å²) in [5.74, 6) is -0.148. The predicted octanol–water partition coefficient (Wildman–Crippen LogP) is 2.42. The van der Waals surface area contributed by atoms with Crippen molar-refractivity contribution in [3.8, 4) is 6.07 Å². The van der Waals surface area contributed by atoms with Crippen LogP contribution in [0.25, 0.3) is 0 Å². The average molecular weight is 228 g/mol. The number of anilines is 3. The van der Waals surface area contributed by atoms with E-state index in [1.54, 1.807) is 18.2 Å². The highest BCUT2D eigenvalue weighted by Gasteiger charge is 2.06. The molecule has 0 radical (unpaired) electrons. The van der Waals surface area contributed by atoms with Crippen molar-refractivity contribution >= 4 is 17.2 Å². The van der Waals surface area contributed by atoms with E-state index in [0.29, 0.717) is 11.4 Å². The van der Waals surface area contributed by atoms with Crippen LogP contribution < -0.4 is 11.1 Å². The molecular weight excluding hydrogens is 219 g/mol. The van der Waals surface area contributed by atoms with Gasteiger partial charge in [-0.3, -0.25) is 0 Å². The van der Waals surface area contributed by atoms with Gasteiger partial charge in [-0.15, -0.1) is 0 Å². The number of pyridine rings is 1. The van der Waals surface area contributed by atoms with Crippen LogP contribution in [-0.4, -0.2) is 4.98 Å². The summed E-state index contributed by atoms with van der Waals surface area (Å²) in [4.78, 5) is 3.82. The van der Waals surface area contributed by atoms with Crippen molar-refractivity contribution < 1.29 is 4.39 Å². The first kappa shape index (κ1) is 10.9. The van der Waals surface area contributed by atoms with Crippen molar-refractivity contribution in [1.29, 1.82) is 5.26 Å². The number of rotatable bonds is 2. The highest BCUT2D eigenvalue weighted by atomic mass is 19.1. The Morgan fingerprint density at radius 2 is 1.94 bits per heavy atom. The zero-order valence-corrected chi connectivity index (χ0v) is 8.81. The molecule has 17 heavy (non-hydrogen) atoms. The van der Waals surface area contributed by atoms with Gasteiger partial charge in [-0.1, -0.05) is 0 Å². The predicted molar refractivity (Wildman–Crippen MR) is 63.0 cm³/mol. The first-order valence-electron chi connectivity index (χ1n) is 4.88. The quantitative estimate of drug-likeness (QED) is 0.827. The van der Waals surface area contributed by atoms with Gasteiger partial charge >= 0.3 is 0 Å². The topological polar surface area (TPSA) is 74.7 Å². The first-order valence-corrected chi connectivity index (χ1v) is 4.88. The van der Waals surface area contributed by atoms with E-state index in [1.165, 1.54) is 18.3 Å². The molecule has 0 aliphatic rings. The van der Waals surface area contributed by atoms with Crippen LogP contribution >= 0.6 is 0 Å². The number of hydrogen-bond donors (Lipinski definition) is 2. The van der Waals surface area contributed by atoms with Crippen LogP contribution in [0.5, 0.6) is 0 Å². The third-order valence-corrected chi connectivity index (χ3v) is 2.22. The molecule has 0 amide bonds. The number of nitrogens with one attached hydrogen (secondary N) is 1. The van der Waals surface area contributed by atoms with Gasteiger partial charge in [0.2, 0.25) is 0 Å². The third-order valence-electron chi connectivity index (χ3n) is 2.22. The van der Waals surface area contributed by atoms with Crippen molar-refractivity contribution in [3.05, 3.63) is 47.9 Å². The number of benzene rings is 1. The molecule has 4 nitrogen and oxygen atoms in total. The Hall–Kier alpha value is -2.61. The molecule has 1 heterocycles. The Balaban J connectivity index is 2.34. The zero-order valence-electron chi connectivity index (χ0n) is 8.81. The average Bonchev–Trinajstić information content (AvgIpc) is 2.32. The van der Waals surface area contributed by atoms with E-state index in [0.717, 1.165) is 0 Å². The first-order chi connectivity index (χ1) is 8.20. The Kier molecular flexibility index (Phi) is 2.88. The molecule has 0 aliphatic carbocycles. The summed E-state index contributed by atoms with van der Waals surface area (Å²) in [5.41, 5.74) is 7.07. The molecule has 84 valence electrons. The van der Waals surface area contributed by atoms with Crippen molar-refractivity contribution in [2.45, 2.75) is 0 Å². The maximum absolute atomic E-state index is 12.7. The minimum Gasteiger partial charge on any atom is -0.383 e. The highest BCUT2D eigenvalue weighted by Crippen LogP contribution is 2.23. The van der Waals surface area contributed by atoms with Gasteiger partial charge in [-0.05, 0) is 30.3 Å². The number of nitrogen functional groups attached to an aromatic ring is 1. The van der Waals surface area contributed by atoms with Crippen LogP contribution in [-0.2, 0) is 0 Å². The smallest absolute Gasteiger partial charge is 0.143 e. The summed E-state index contributed by atoms with van der Waals surface area (Å²) in [6.45, 7) is 0. The number of nitriles is 1. The largest absolute Gasteiger partial charge is 0.383 e. The number of hydrogen-bond acceptors (Lipinski definition) is 4. The van der Waals surface area contributed by atoms with Crippen molar-refractivity contribution in [1.82, 2.24) is 4.98 Å². The number of aromatic nitrogens is 1. The van der Waals surface area contributed by atoms with Gasteiger partial charge in [0, 0.05) is 11.9 Å². The molecule has 1 aromatic heterocycles. The minimum atomic E-state index is -0.315. The number of nitrogens with zero attached hydrogens (tertiary/aromatic N) is 2. The molecule has 2 rings (SSSR count). The van der Waals surface area contributed by atoms with Crippen LogP contribution in [0.4, 0.5) is 21.6 Å². The van der Waals surface area contributed by atoms with E-state index >= 15 is 0 Å². The molecule has 5 heteroatoms. The van der Waals surface area contributed by atoms with Gasteiger partial charge in [0.15, 0.2) is 0 Å². The highest BCUT2D eigenvalue weighted by molar-refractivity contribution is 5.71. The second-order valence-corrected chi connectivity index (χ2v) is 3.36. The lowest BCUT2D eigenvalue weighted by Gasteiger charge is -2.08. The lowest BCUT2D eigenvalue weighted by atomic mass is 10.2. The second-order valence-electron chi connectivity index (χ2n) is 3.36.